The monoisotopic (exact) mass is 269 g/mol. The SMILES string of the molecule is O=C(O)C[C@H](NC(=O)c1cc(O)cc(O)c1)C(=O)O. The maximum absolute atomic E-state index is 11.7. The van der Waals surface area contributed by atoms with E-state index in [1.54, 1.807) is 0 Å². The van der Waals surface area contributed by atoms with E-state index >= 15 is 0 Å². The van der Waals surface area contributed by atoms with Crippen LogP contribution < -0.4 is 5.32 Å². The van der Waals surface area contributed by atoms with Crippen molar-refractivity contribution in [3.8, 4) is 11.5 Å². The topological polar surface area (TPSA) is 144 Å². The van der Waals surface area contributed by atoms with Crippen LogP contribution in [-0.4, -0.2) is 44.3 Å². The van der Waals surface area contributed by atoms with Gasteiger partial charge in [0.05, 0.1) is 6.42 Å². The van der Waals surface area contributed by atoms with Gasteiger partial charge >= 0.3 is 11.9 Å². The second-order valence-electron chi connectivity index (χ2n) is 3.70. The molecule has 1 aromatic carbocycles. The number of phenols is 2. The van der Waals surface area contributed by atoms with Gasteiger partial charge in [-0.15, -0.1) is 0 Å². The molecule has 19 heavy (non-hydrogen) atoms. The van der Waals surface area contributed by atoms with Crippen molar-refractivity contribution in [2.45, 2.75) is 12.5 Å². The van der Waals surface area contributed by atoms with Gasteiger partial charge in [0.1, 0.15) is 17.5 Å². The number of aliphatic carboxylic acids is 2. The number of carbonyl (C=O) groups excluding carboxylic acids is 1. The zero-order valence-electron chi connectivity index (χ0n) is 9.53. The number of amides is 1. The number of rotatable bonds is 5. The summed E-state index contributed by atoms with van der Waals surface area (Å²) < 4.78 is 0. The number of aromatic hydroxyl groups is 2. The zero-order chi connectivity index (χ0) is 14.6. The minimum atomic E-state index is -1.60. The van der Waals surface area contributed by atoms with Gasteiger partial charge < -0.3 is 25.7 Å². The van der Waals surface area contributed by atoms with Crippen molar-refractivity contribution in [3.05, 3.63) is 23.8 Å². The Bertz CT molecular complexity index is 506. The highest BCUT2D eigenvalue weighted by Crippen LogP contribution is 2.20. The third kappa shape index (κ3) is 4.19. The number of carboxylic acids is 2. The summed E-state index contributed by atoms with van der Waals surface area (Å²) in [7, 11) is 0. The maximum atomic E-state index is 11.7. The van der Waals surface area contributed by atoms with E-state index < -0.39 is 30.3 Å². The van der Waals surface area contributed by atoms with Crippen LogP contribution in [0.4, 0.5) is 0 Å². The van der Waals surface area contributed by atoms with Crippen molar-refractivity contribution in [1.82, 2.24) is 5.32 Å². The summed E-state index contributed by atoms with van der Waals surface area (Å²) >= 11 is 0. The van der Waals surface area contributed by atoms with E-state index in [4.69, 9.17) is 10.2 Å². The molecule has 5 N–H and O–H groups in total. The van der Waals surface area contributed by atoms with E-state index in [1.807, 2.05) is 5.32 Å². The highest BCUT2D eigenvalue weighted by molar-refractivity contribution is 5.98. The maximum Gasteiger partial charge on any atom is 0.326 e. The fourth-order valence-electron chi connectivity index (χ4n) is 1.34. The highest BCUT2D eigenvalue weighted by atomic mass is 16.4. The summed E-state index contributed by atoms with van der Waals surface area (Å²) in [4.78, 5) is 32.9. The van der Waals surface area contributed by atoms with Gasteiger partial charge in [-0.2, -0.15) is 0 Å². The summed E-state index contributed by atoms with van der Waals surface area (Å²) in [6, 6.07) is 1.40. The first-order valence-corrected chi connectivity index (χ1v) is 5.08. The lowest BCUT2D eigenvalue weighted by Gasteiger charge is -2.12. The quantitative estimate of drug-likeness (QED) is 0.495. The predicted molar refractivity (Wildman–Crippen MR) is 60.9 cm³/mol. The lowest BCUT2D eigenvalue weighted by Crippen LogP contribution is -2.42. The Kier molecular flexibility index (Phi) is 4.30. The van der Waals surface area contributed by atoms with Gasteiger partial charge in [-0.3, -0.25) is 9.59 Å². The molecule has 0 fully saturated rings. The molecule has 0 saturated heterocycles. The number of hydrogen-bond donors (Lipinski definition) is 5. The van der Waals surface area contributed by atoms with Gasteiger partial charge in [-0.1, -0.05) is 0 Å². The summed E-state index contributed by atoms with van der Waals surface area (Å²) in [6.45, 7) is 0. The van der Waals surface area contributed by atoms with Crippen molar-refractivity contribution in [2.75, 3.05) is 0 Å². The van der Waals surface area contributed by atoms with Crippen LogP contribution in [0.5, 0.6) is 11.5 Å². The number of carboxylic acid groups (broad SMARTS) is 2. The molecule has 0 saturated carbocycles. The van der Waals surface area contributed by atoms with Crippen LogP contribution >= 0.6 is 0 Å². The van der Waals surface area contributed by atoms with E-state index in [0.29, 0.717) is 0 Å². The van der Waals surface area contributed by atoms with E-state index in [9.17, 15) is 24.6 Å². The van der Waals surface area contributed by atoms with Crippen LogP contribution in [0.3, 0.4) is 0 Å². The van der Waals surface area contributed by atoms with Crippen LogP contribution in [0.15, 0.2) is 18.2 Å². The number of nitrogens with one attached hydrogen (secondary N) is 1. The van der Waals surface area contributed by atoms with Gasteiger partial charge in [-0.25, -0.2) is 4.79 Å². The molecule has 8 heteroatoms. The minimum Gasteiger partial charge on any atom is -0.508 e. The van der Waals surface area contributed by atoms with Gasteiger partial charge in [0, 0.05) is 11.6 Å². The Balaban J connectivity index is 2.87. The average Bonchev–Trinajstić information content (AvgIpc) is 2.25. The third-order valence-corrected chi connectivity index (χ3v) is 2.15. The first kappa shape index (κ1) is 14.3. The average molecular weight is 269 g/mol. The van der Waals surface area contributed by atoms with Crippen LogP contribution in [0.25, 0.3) is 0 Å². The Hall–Kier alpha value is -2.77. The second-order valence-corrected chi connectivity index (χ2v) is 3.70. The number of carbonyl (C=O) groups is 3. The number of phenolic OH excluding ortho intramolecular Hbond substituents is 2. The molecule has 1 aromatic rings. The second kappa shape index (κ2) is 5.71. The standard InChI is InChI=1S/C11H11NO7/c13-6-1-5(2-7(14)3-6)10(17)12-8(11(18)19)4-9(15)16/h1-3,8,13-14H,4H2,(H,12,17)(H,15,16)(H,18,19)/t8-/m0/s1. The van der Waals surface area contributed by atoms with Crippen LogP contribution in [0.2, 0.25) is 0 Å². The van der Waals surface area contributed by atoms with Crippen molar-refractivity contribution < 1.29 is 34.8 Å². The van der Waals surface area contributed by atoms with Crippen LogP contribution in [0, 0.1) is 0 Å². The fraction of sp³-hybridized carbons (Fsp3) is 0.182. The number of benzene rings is 1. The Morgan fingerprint density at radius 1 is 1.05 bits per heavy atom. The summed E-state index contributed by atoms with van der Waals surface area (Å²) in [6.07, 6.45) is -0.786. The van der Waals surface area contributed by atoms with E-state index in [1.165, 1.54) is 0 Å². The number of hydrogen-bond acceptors (Lipinski definition) is 5. The fourth-order valence-corrected chi connectivity index (χ4v) is 1.34. The molecule has 0 unspecified atom stereocenters. The Morgan fingerprint density at radius 2 is 1.58 bits per heavy atom. The van der Waals surface area contributed by atoms with Crippen molar-refractivity contribution in [3.63, 3.8) is 0 Å². The first-order valence-electron chi connectivity index (χ1n) is 5.08. The molecule has 1 rings (SSSR count). The molecule has 0 aliphatic heterocycles. The smallest absolute Gasteiger partial charge is 0.326 e. The van der Waals surface area contributed by atoms with Gasteiger partial charge in [0.25, 0.3) is 5.91 Å². The molecule has 8 nitrogen and oxygen atoms in total. The third-order valence-electron chi connectivity index (χ3n) is 2.15. The Morgan fingerprint density at radius 3 is 2.00 bits per heavy atom. The molecule has 0 spiro atoms. The summed E-state index contributed by atoms with van der Waals surface area (Å²) in [5, 5.41) is 37.6. The molecule has 0 aromatic heterocycles. The molecule has 0 heterocycles. The normalized spacial score (nSPS) is 11.6. The van der Waals surface area contributed by atoms with E-state index in [2.05, 4.69) is 0 Å². The van der Waals surface area contributed by atoms with Crippen molar-refractivity contribution >= 4 is 17.8 Å². The zero-order valence-corrected chi connectivity index (χ0v) is 9.53. The molecule has 102 valence electrons. The van der Waals surface area contributed by atoms with Gasteiger partial charge in [-0.05, 0) is 12.1 Å². The molecular formula is C11H11NO7. The lowest BCUT2D eigenvalue weighted by atomic mass is 10.1. The van der Waals surface area contributed by atoms with Gasteiger partial charge in [0.2, 0.25) is 0 Å². The summed E-state index contributed by atoms with van der Waals surface area (Å²) in [5.74, 6) is -4.56. The van der Waals surface area contributed by atoms with E-state index in [0.717, 1.165) is 18.2 Å². The lowest BCUT2D eigenvalue weighted by molar-refractivity contribution is -0.145. The highest BCUT2D eigenvalue weighted by Gasteiger charge is 2.23. The molecular weight excluding hydrogens is 258 g/mol. The molecule has 0 aliphatic rings. The van der Waals surface area contributed by atoms with Crippen molar-refractivity contribution in [1.29, 1.82) is 0 Å². The van der Waals surface area contributed by atoms with Crippen molar-refractivity contribution in [2.24, 2.45) is 0 Å². The first-order chi connectivity index (χ1) is 8.79. The largest absolute Gasteiger partial charge is 0.508 e. The van der Waals surface area contributed by atoms with Crippen LogP contribution in [-0.2, 0) is 9.59 Å². The summed E-state index contributed by atoms with van der Waals surface area (Å²) in [5.41, 5.74) is -0.186. The molecule has 0 bridgehead atoms. The van der Waals surface area contributed by atoms with E-state index in [-0.39, 0.29) is 17.1 Å². The molecule has 1 atom stereocenters. The predicted octanol–water partition coefficient (Wildman–Crippen LogP) is -0.245. The van der Waals surface area contributed by atoms with Gasteiger partial charge in [0.15, 0.2) is 0 Å². The Labute approximate surface area is 106 Å². The molecule has 1 amide bonds. The molecule has 0 radical (unpaired) electrons. The molecule has 0 aliphatic carbocycles. The minimum absolute atomic E-state index is 0.186. The van der Waals surface area contributed by atoms with Crippen LogP contribution in [0.1, 0.15) is 16.8 Å².